The highest BCUT2D eigenvalue weighted by Crippen LogP contribution is 2.41. The number of aromatic nitrogens is 2. The fourth-order valence-electron chi connectivity index (χ4n) is 5.39. The molecule has 0 bridgehead atoms. The van der Waals surface area contributed by atoms with Gasteiger partial charge < -0.3 is 9.64 Å². The van der Waals surface area contributed by atoms with E-state index < -0.39 is 0 Å². The average molecular weight is 485 g/mol. The number of thiazole rings is 1. The van der Waals surface area contributed by atoms with Crippen molar-refractivity contribution < 1.29 is 4.74 Å². The number of anilines is 1. The van der Waals surface area contributed by atoms with E-state index in [9.17, 15) is 0 Å². The van der Waals surface area contributed by atoms with Crippen molar-refractivity contribution in [3.05, 3.63) is 72.6 Å². The zero-order valence-electron chi connectivity index (χ0n) is 20.1. The smallest absolute Gasteiger partial charge is 0.186 e. The molecule has 2 fully saturated rings. The maximum Gasteiger partial charge on any atom is 0.186 e. The molecule has 2 aliphatic rings. The molecule has 180 valence electrons. The fraction of sp³-hybridized carbons (Fsp3) is 0.379. The van der Waals surface area contributed by atoms with Crippen LogP contribution in [0.25, 0.3) is 21.3 Å². The molecule has 2 aromatic heterocycles. The summed E-state index contributed by atoms with van der Waals surface area (Å²) < 4.78 is 7.41. The lowest BCUT2D eigenvalue weighted by atomic mass is 10.0. The predicted molar refractivity (Wildman–Crippen MR) is 144 cm³/mol. The van der Waals surface area contributed by atoms with E-state index in [1.165, 1.54) is 60.2 Å². The van der Waals surface area contributed by atoms with Gasteiger partial charge in [-0.15, -0.1) is 0 Å². The monoisotopic (exact) mass is 484 g/mol. The Kier molecular flexibility index (Phi) is 6.65. The SMILES string of the molecule is c1cc(OCCN2CCCCC2)cc(C2CCCN2c2nc3ccc(-c4ccncc4)cc3s2)c1. The third-order valence-corrected chi connectivity index (χ3v) is 8.31. The van der Waals surface area contributed by atoms with Gasteiger partial charge in [0.2, 0.25) is 0 Å². The molecular weight excluding hydrogens is 452 g/mol. The molecule has 2 aliphatic heterocycles. The number of piperidine rings is 1. The first-order valence-corrected chi connectivity index (χ1v) is 13.7. The molecule has 1 atom stereocenters. The normalized spacial score (nSPS) is 18.9. The first-order valence-electron chi connectivity index (χ1n) is 12.9. The van der Waals surface area contributed by atoms with Gasteiger partial charge in [-0.3, -0.25) is 9.88 Å². The summed E-state index contributed by atoms with van der Waals surface area (Å²) in [5.41, 5.74) is 4.80. The van der Waals surface area contributed by atoms with Crippen LogP contribution >= 0.6 is 11.3 Å². The van der Waals surface area contributed by atoms with Crippen LogP contribution in [0, 0.1) is 0 Å². The van der Waals surface area contributed by atoms with Crippen molar-refractivity contribution in [1.29, 1.82) is 0 Å². The van der Waals surface area contributed by atoms with Crippen LogP contribution in [0.15, 0.2) is 67.0 Å². The van der Waals surface area contributed by atoms with E-state index in [1.807, 2.05) is 12.4 Å². The second-order valence-corrected chi connectivity index (χ2v) is 10.6. The topological polar surface area (TPSA) is 41.5 Å². The van der Waals surface area contributed by atoms with Crippen LogP contribution in [0.2, 0.25) is 0 Å². The number of hydrogen-bond acceptors (Lipinski definition) is 6. The van der Waals surface area contributed by atoms with Gasteiger partial charge in [0.1, 0.15) is 12.4 Å². The highest BCUT2D eigenvalue weighted by Gasteiger charge is 2.29. The summed E-state index contributed by atoms with van der Waals surface area (Å²) in [6, 6.07) is 19.7. The van der Waals surface area contributed by atoms with Gasteiger partial charge in [0.05, 0.1) is 16.3 Å². The molecule has 2 saturated heterocycles. The molecule has 4 aromatic rings. The van der Waals surface area contributed by atoms with Crippen molar-refractivity contribution in [2.45, 2.75) is 38.1 Å². The number of pyridine rings is 1. The first-order chi connectivity index (χ1) is 17.3. The standard InChI is InChI=1S/C29H32N4OS/c1-2-15-32(16-3-1)18-19-34-25-7-4-6-24(20-25)27-8-5-17-33(27)29-31-26-10-9-23(21-28(26)35-29)22-11-13-30-14-12-22/h4,6-7,9-14,20-21,27H,1-3,5,8,15-19H2. The highest BCUT2D eigenvalue weighted by atomic mass is 32.1. The van der Waals surface area contributed by atoms with Crippen LogP contribution in [0.1, 0.15) is 43.7 Å². The molecule has 0 spiro atoms. The zero-order chi connectivity index (χ0) is 23.5. The Morgan fingerprint density at radius 2 is 1.77 bits per heavy atom. The number of ether oxygens (including phenoxy) is 1. The van der Waals surface area contributed by atoms with Crippen molar-refractivity contribution in [1.82, 2.24) is 14.9 Å². The van der Waals surface area contributed by atoms with Crippen LogP contribution < -0.4 is 9.64 Å². The summed E-state index contributed by atoms with van der Waals surface area (Å²) in [5.74, 6) is 0.984. The zero-order valence-corrected chi connectivity index (χ0v) is 20.9. The van der Waals surface area contributed by atoms with Crippen LogP contribution in [0.3, 0.4) is 0 Å². The van der Waals surface area contributed by atoms with Crippen LogP contribution in [0.4, 0.5) is 5.13 Å². The molecule has 35 heavy (non-hydrogen) atoms. The van der Waals surface area contributed by atoms with Gasteiger partial charge in [0, 0.05) is 25.5 Å². The van der Waals surface area contributed by atoms with E-state index in [2.05, 4.69) is 69.4 Å². The molecule has 4 heterocycles. The van der Waals surface area contributed by atoms with E-state index in [0.29, 0.717) is 6.04 Å². The van der Waals surface area contributed by atoms with Gasteiger partial charge in [-0.05, 0) is 91.9 Å². The highest BCUT2D eigenvalue weighted by molar-refractivity contribution is 7.22. The average Bonchev–Trinajstić information content (AvgIpc) is 3.57. The molecule has 0 radical (unpaired) electrons. The summed E-state index contributed by atoms with van der Waals surface area (Å²) in [5, 5.41) is 1.12. The third-order valence-electron chi connectivity index (χ3n) is 7.26. The second-order valence-electron chi connectivity index (χ2n) is 9.59. The van der Waals surface area contributed by atoms with E-state index >= 15 is 0 Å². The van der Waals surface area contributed by atoms with E-state index in [-0.39, 0.29) is 0 Å². The molecule has 2 aromatic carbocycles. The Morgan fingerprint density at radius 1 is 0.886 bits per heavy atom. The lowest BCUT2D eigenvalue weighted by Crippen LogP contribution is -2.33. The Labute approximate surface area is 211 Å². The van der Waals surface area contributed by atoms with Gasteiger partial charge in [-0.1, -0.05) is 36.0 Å². The fourth-order valence-corrected chi connectivity index (χ4v) is 6.47. The molecular formula is C29H32N4OS. The molecule has 6 heteroatoms. The Bertz CT molecular complexity index is 1270. The summed E-state index contributed by atoms with van der Waals surface area (Å²) in [4.78, 5) is 14.2. The van der Waals surface area contributed by atoms with Crippen molar-refractivity contribution >= 4 is 26.7 Å². The molecule has 1 unspecified atom stereocenters. The number of nitrogens with zero attached hydrogens (tertiary/aromatic N) is 4. The largest absolute Gasteiger partial charge is 0.492 e. The lowest BCUT2D eigenvalue weighted by Gasteiger charge is -2.26. The maximum absolute atomic E-state index is 6.18. The quantitative estimate of drug-likeness (QED) is 0.297. The first kappa shape index (κ1) is 22.5. The van der Waals surface area contributed by atoms with Crippen molar-refractivity contribution in [3.8, 4) is 16.9 Å². The lowest BCUT2D eigenvalue weighted by molar-refractivity contribution is 0.183. The van der Waals surface area contributed by atoms with Crippen LogP contribution in [0.5, 0.6) is 5.75 Å². The summed E-state index contributed by atoms with van der Waals surface area (Å²) in [7, 11) is 0. The number of benzene rings is 2. The van der Waals surface area contributed by atoms with Crippen molar-refractivity contribution in [3.63, 3.8) is 0 Å². The molecule has 6 rings (SSSR count). The predicted octanol–water partition coefficient (Wildman–Crippen LogP) is 6.56. The van der Waals surface area contributed by atoms with Gasteiger partial charge >= 0.3 is 0 Å². The van der Waals surface area contributed by atoms with Gasteiger partial charge in [0.15, 0.2) is 5.13 Å². The van der Waals surface area contributed by atoms with Crippen molar-refractivity contribution in [2.24, 2.45) is 0 Å². The van der Waals surface area contributed by atoms with Gasteiger partial charge in [-0.2, -0.15) is 0 Å². The van der Waals surface area contributed by atoms with Gasteiger partial charge in [0.25, 0.3) is 0 Å². The second kappa shape index (κ2) is 10.3. The van der Waals surface area contributed by atoms with E-state index in [4.69, 9.17) is 9.72 Å². The van der Waals surface area contributed by atoms with Gasteiger partial charge in [-0.25, -0.2) is 4.98 Å². The maximum atomic E-state index is 6.18. The number of rotatable bonds is 7. The summed E-state index contributed by atoms with van der Waals surface area (Å²) in [6.07, 6.45) is 10.0. The number of fused-ring (bicyclic) bond motifs is 1. The molecule has 0 aliphatic carbocycles. The summed E-state index contributed by atoms with van der Waals surface area (Å²) in [6.45, 7) is 5.25. The van der Waals surface area contributed by atoms with E-state index in [1.54, 1.807) is 11.3 Å². The minimum atomic E-state index is 0.348. The van der Waals surface area contributed by atoms with Crippen molar-refractivity contribution in [2.75, 3.05) is 37.7 Å². The molecule has 0 amide bonds. The Morgan fingerprint density at radius 3 is 2.66 bits per heavy atom. The number of hydrogen-bond donors (Lipinski definition) is 0. The Balaban J connectivity index is 1.17. The molecule has 0 saturated carbocycles. The molecule has 0 N–H and O–H groups in total. The Hall–Kier alpha value is -2.96. The summed E-state index contributed by atoms with van der Waals surface area (Å²) >= 11 is 1.80. The third kappa shape index (κ3) is 5.04. The van der Waals surface area contributed by atoms with Crippen LogP contribution in [-0.2, 0) is 0 Å². The minimum absolute atomic E-state index is 0.348. The van der Waals surface area contributed by atoms with E-state index in [0.717, 1.165) is 42.5 Å². The van der Waals surface area contributed by atoms with Crippen LogP contribution in [-0.4, -0.2) is 47.7 Å². The number of likely N-dealkylation sites (tertiary alicyclic amines) is 1. The molecule has 5 nitrogen and oxygen atoms in total. The minimum Gasteiger partial charge on any atom is -0.492 e.